The SMILES string of the molecule is Cc1c(-c2cc3ccccc3n2C)cc(C23CC4CC(CC(C4)C2)C3)cc1-c1cccc[n+]1C.Cc1c(-c2cc3ccccc3n2C)cccc1-c1cc2ccccc2c[n+]1C.Cc1c(-c2cc3ccccc3n2C)cccc1-c1ccc2ccccc2[n+]1C.Cc1cc(-c2cc3ccccc3n2C)c(C)c(-c2cc(C)cc[n+]2C)c1. The van der Waals surface area contributed by atoms with E-state index in [1.807, 2.05) is 0 Å². The number of hydrogen-bond donors (Lipinski definition) is 0. The van der Waals surface area contributed by atoms with Gasteiger partial charge in [-0.05, 0) is 257 Å². The molecule has 4 saturated carbocycles. The molecule has 4 bridgehead atoms. The maximum absolute atomic E-state index is 2.60. The van der Waals surface area contributed by atoms with Crippen LogP contribution >= 0.6 is 0 Å². The molecule has 8 heteroatoms. The maximum Gasteiger partial charge on any atom is 0.213 e. The first kappa shape index (κ1) is 74.9. The summed E-state index contributed by atoms with van der Waals surface area (Å²) in [4.78, 5) is 0. The Hall–Kier alpha value is -12.5. The molecule has 8 heterocycles. The van der Waals surface area contributed by atoms with Crippen LogP contribution < -0.4 is 18.3 Å². The molecule has 4 aliphatic carbocycles. The highest BCUT2D eigenvalue weighted by Crippen LogP contribution is 2.61. The third-order valence-electron chi connectivity index (χ3n) is 26.7. The number of rotatable bonds is 9. The second kappa shape index (κ2) is 30.3. The predicted octanol–water partition coefficient (Wildman–Crippen LogP) is 24.0. The molecule has 8 nitrogen and oxygen atoms in total. The van der Waals surface area contributed by atoms with Gasteiger partial charge in [0, 0.05) is 192 Å². The van der Waals surface area contributed by atoms with Gasteiger partial charge in [0.05, 0.1) is 0 Å². The van der Waals surface area contributed by atoms with E-state index in [1.54, 1.807) is 5.56 Å². The third kappa shape index (κ3) is 13.5. The average Bonchev–Trinajstić information content (AvgIpc) is 0.781. The molecule has 18 aromatic rings. The van der Waals surface area contributed by atoms with E-state index < -0.39 is 0 Å². The van der Waals surface area contributed by atoms with Gasteiger partial charge in [-0.3, -0.25) is 0 Å². The van der Waals surface area contributed by atoms with Gasteiger partial charge < -0.3 is 18.3 Å². The zero-order chi connectivity index (χ0) is 79.9. The van der Waals surface area contributed by atoms with Crippen LogP contribution in [0.5, 0.6) is 0 Å². The van der Waals surface area contributed by atoms with E-state index in [0.717, 1.165) is 17.8 Å². The Morgan fingerprint density at radius 3 is 1.17 bits per heavy atom. The van der Waals surface area contributed by atoms with Gasteiger partial charge >= 0.3 is 0 Å². The lowest BCUT2D eigenvalue weighted by Crippen LogP contribution is -2.48. The first-order valence-electron chi connectivity index (χ1n) is 41.6. The lowest BCUT2D eigenvalue weighted by atomic mass is 9.48. The minimum absolute atomic E-state index is 0.379. The molecule has 10 aromatic carbocycles. The van der Waals surface area contributed by atoms with E-state index in [1.165, 1.54) is 227 Å². The largest absolute Gasteiger partial charge is 0.344 e. The van der Waals surface area contributed by atoms with E-state index in [4.69, 9.17) is 0 Å². The van der Waals surface area contributed by atoms with Crippen LogP contribution in [0.15, 0.2) is 298 Å². The summed E-state index contributed by atoms with van der Waals surface area (Å²) in [5, 5.41) is 8.96. The molecule has 0 aliphatic heterocycles. The highest BCUT2D eigenvalue weighted by molar-refractivity contribution is 5.94. The summed E-state index contributed by atoms with van der Waals surface area (Å²) in [5.74, 6) is 2.85. The molecule has 0 spiro atoms. The molecule has 116 heavy (non-hydrogen) atoms. The standard InChI is InChI=1S/C32H35N2.2C26H23N2.C24H25N2/c1-21-27(30-10-6-7-11-33(30)2)16-26(32-18-22-12-23(19-32)14-24(13-22)20-32)17-28(21)31-15-25-8-4-5-9-29(25)34(31)3;1-18-21(25-16-15-19-9-4-6-13-23(19)27(25)2)11-8-12-22(18)26-17-20-10-5-7-14-24(20)28(26)3;1-18-22(25-15-19-9-4-5-11-21(19)17-27(25)2)12-8-13-23(18)26-16-20-10-6-7-14-24(20)28(26)3;1-16-10-11-25(4)23(14-16)20-12-17(2)13-21(18(20)3)24-15-19-8-6-7-9-22(19)26(24)5/h4-11,15-17,22-24H,12-14,18-20H2,1-3H3;2*4-17H,1-3H3;6-15H,1-5H3/q4*+1. The van der Waals surface area contributed by atoms with Gasteiger partial charge in [-0.2, -0.15) is 4.57 Å². The molecule has 0 saturated heterocycles. The number of fused-ring (bicyclic) bond motifs is 6. The van der Waals surface area contributed by atoms with Crippen molar-refractivity contribution in [2.24, 2.45) is 74.1 Å². The Labute approximate surface area is 683 Å². The minimum atomic E-state index is 0.379. The van der Waals surface area contributed by atoms with Crippen molar-refractivity contribution in [1.82, 2.24) is 18.3 Å². The van der Waals surface area contributed by atoms with Gasteiger partial charge in [0.1, 0.15) is 28.2 Å². The summed E-state index contributed by atoms with van der Waals surface area (Å²) < 4.78 is 18.3. The maximum atomic E-state index is 2.60. The predicted molar refractivity (Wildman–Crippen MR) is 483 cm³/mol. The zero-order valence-electron chi connectivity index (χ0n) is 69.8. The van der Waals surface area contributed by atoms with Crippen molar-refractivity contribution in [3.05, 3.63) is 337 Å². The molecule has 0 N–H and O–H groups in total. The summed E-state index contributed by atoms with van der Waals surface area (Å²) in [5.41, 5.74) is 36.9. The van der Waals surface area contributed by atoms with Crippen LogP contribution in [0.1, 0.15) is 77.5 Å². The van der Waals surface area contributed by atoms with E-state index >= 15 is 0 Å². The first-order valence-corrected chi connectivity index (χ1v) is 41.6. The van der Waals surface area contributed by atoms with Gasteiger partial charge in [-0.15, -0.1) is 0 Å². The van der Waals surface area contributed by atoms with Crippen molar-refractivity contribution in [3.63, 3.8) is 0 Å². The van der Waals surface area contributed by atoms with Crippen LogP contribution in [0.2, 0.25) is 0 Å². The number of nitrogens with zero attached hydrogens (tertiary/aromatic N) is 8. The monoisotopic (exact) mass is 1510 g/mol. The lowest BCUT2D eigenvalue weighted by molar-refractivity contribution is -0.660. The van der Waals surface area contributed by atoms with Gasteiger partial charge in [0.2, 0.25) is 28.3 Å². The fraction of sp³-hybridized carbons (Fsp3) is 0.222. The van der Waals surface area contributed by atoms with Crippen molar-refractivity contribution in [3.8, 4) is 90.1 Å². The van der Waals surface area contributed by atoms with E-state index in [0.29, 0.717) is 5.41 Å². The second-order valence-corrected chi connectivity index (χ2v) is 34.1. The molecule has 0 amide bonds. The van der Waals surface area contributed by atoms with Crippen LogP contribution in [0.25, 0.3) is 155 Å². The van der Waals surface area contributed by atoms with Crippen LogP contribution in [-0.2, 0) is 61.8 Å². The number of hydrogen-bond acceptors (Lipinski definition) is 0. The fourth-order valence-corrected chi connectivity index (χ4v) is 20.9. The van der Waals surface area contributed by atoms with Crippen molar-refractivity contribution in [1.29, 1.82) is 0 Å². The molecule has 0 atom stereocenters. The fourth-order valence-electron chi connectivity index (χ4n) is 20.9. The highest BCUT2D eigenvalue weighted by atomic mass is 15.0. The van der Waals surface area contributed by atoms with Gasteiger partial charge in [-0.1, -0.05) is 127 Å². The molecule has 574 valence electrons. The minimum Gasteiger partial charge on any atom is -0.344 e. The normalized spacial score (nSPS) is 16.1. The molecule has 22 rings (SSSR count). The Morgan fingerprint density at radius 2 is 0.664 bits per heavy atom. The zero-order valence-corrected chi connectivity index (χ0v) is 69.8. The van der Waals surface area contributed by atoms with Gasteiger partial charge in [0.25, 0.3) is 0 Å². The van der Waals surface area contributed by atoms with Gasteiger partial charge in [0.15, 0.2) is 18.6 Å². The molecule has 8 aromatic heterocycles. The summed E-state index contributed by atoms with van der Waals surface area (Å²) in [6.45, 7) is 13.4. The number of pyridine rings is 4. The molecular formula is C108H106N8+4. The molecular weight excluding hydrogens is 1410 g/mol. The van der Waals surface area contributed by atoms with Crippen molar-refractivity contribution < 1.29 is 18.3 Å². The molecule has 0 radical (unpaired) electrons. The van der Waals surface area contributed by atoms with E-state index in [9.17, 15) is 0 Å². The second-order valence-electron chi connectivity index (χ2n) is 34.1. The summed E-state index contributed by atoms with van der Waals surface area (Å²) in [7, 11) is 17.3. The Bertz CT molecular complexity index is 6710. The highest BCUT2D eigenvalue weighted by Gasteiger charge is 2.52. The summed E-state index contributed by atoms with van der Waals surface area (Å²) in [6, 6.07) is 102. The summed E-state index contributed by atoms with van der Waals surface area (Å²) in [6.07, 6.45) is 15.2. The number of aromatic nitrogens is 8. The Morgan fingerprint density at radius 1 is 0.276 bits per heavy atom. The van der Waals surface area contributed by atoms with E-state index in [-0.39, 0.29) is 0 Å². The topological polar surface area (TPSA) is 35.2 Å². The van der Waals surface area contributed by atoms with Crippen LogP contribution in [0.4, 0.5) is 0 Å². The van der Waals surface area contributed by atoms with Crippen molar-refractivity contribution in [2.45, 2.75) is 85.5 Å². The molecule has 4 aliphatic rings. The molecule has 0 unspecified atom stereocenters. The van der Waals surface area contributed by atoms with Crippen molar-refractivity contribution >= 4 is 65.3 Å². The number of benzene rings is 10. The van der Waals surface area contributed by atoms with Crippen molar-refractivity contribution in [2.75, 3.05) is 0 Å². The number of aryl methyl sites for hydroxylation is 10. The Kier molecular flexibility index (Phi) is 19.6. The number of para-hydroxylation sites is 5. The molecule has 4 fully saturated rings. The Balaban J connectivity index is 0.000000108. The third-order valence-corrected chi connectivity index (χ3v) is 26.7. The lowest BCUT2D eigenvalue weighted by Gasteiger charge is -2.57. The van der Waals surface area contributed by atoms with Crippen LogP contribution in [0.3, 0.4) is 0 Å². The average molecular weight is 1520 g/mol. The first-order chi connectivity index (χ1) is 56.2. The quantitative estimate of drug-likeness (QED) is 0.129. The van der Waals surface area contributed by atoms with Crippen LogP contribution in [0, 0.1) is 59.3 Å². The van der Waals surface area contributed by atoms with Gasteiger partial charge in [-0.25, -0.2) is 13.7 Å². The van der Waals surface area contributed by atoms with Crippen LogP contribution in [-0.4, -0.2) is 18.3 Å². The summed E-state index contributed by atoms with van der Waals surface area (Å²) >= 11 is 0. The van der Waals surface area contributed by atoms with E-state index in [2.05, 4.69) is 432 Å². The smallest absolute Gasteiger partial charge is 0.213 e.